The molecule has 0 aromatic heterocycles. The monoisotopic (exact) mass is 288 g/mol. The molecule has 0 saturated carbocycles. The first-order valence-electron chi connectivity index (χ1n) is 6.89. The van der Waals surface area contributed by atoms with Crippen LogP contribution in [0.3, 0.4) is 0 Å². The lowest BCUT2D eigenvalue weighted by Gasteiger charge is -2.41. The minimum Gasteiger partial charge on any atom is -0.119 e. The summed E-state index contributed by atoms with van der Waals surface area (Å²) in [6.45, 7) is 14.1. The molecule has 0 fully saturated rings. The highest BCUT2D eigenvalue weighted by Crippen LogP contribution is 2.50. The van der Waals surface area contributed by atoms with Crippen LogP contribution in [0.1, 0.15) is 32.8 Å². The van der Waals surface area contributed by atoms with E-state index < -0.39 is 8.07 Å². The normalized spacial score (nSPS) is 25.5. The van der Waals surface area contributed by atoms with E-state index in [0.29, 0.717) is 0 Å². The van der Waals surface area contributed by atoms with E-state index in [4.69, 9.17) is 6.42 Å². The van der Waals surface area contributed by atoms with Gasteiger partial charge in [-0.25, -0.2) is 0 Å². The van der Waals surface area contributed by atoms with Crippen LogP contribution >= 0.6 is 11.8 Å². The van der Waals surface area contributed by atoms with Crippen molar-refractivity contribution in [1.82, 2.24) is 0 Å². The van der Waals surface area contributed by atoms with E-state index in [1.807, 2.05) is 11.8 Å². The predicted octanol–water partition coefficient (Wildman–Crippen LogP) is 4.40. The van der Waals surface area contributed by atoms with Gasteiger partial charge in [-0.15, -0.1) is 18.2 Å². The van der Waals surface area contributed by atoms with Crippen molar-refractivity contribution in [2.45, 2.75) is 61.9 Å². The zero-order valence-corrected chi connectivity index (χ0v) is 14.7. The number of hydrogen-bond donors (Lipinski definition) is 0. The molecule has 0 bridgehead atoms. The van der Waals surface area contributed by atoms with Crippen LogP contribution in [0, 0.1) is 12.3 Å². The Hall–Kier alpha value is -0.653. The molecule has 0 saturated heterocycles. The number of benzene rings is 1. The second kappa shape index (κ2) is 4.43. The Bertz CT molecular complexity index is 545. The van der Waals surface area contributed by atoms with E-state index >= 15 is 0 Å². The van der Waals surface area contributed by atoms with Crippen LogP contribution in [0.25, 0.3) is 0 Å². The third kappa shape index (κ3) is 2.78. The number of hydrogen-bond acceptors (Lipinski definition) is 1. The zero-order valence-electron chi connectivity index (χ0n) is 12.9. The van der Waals surface area contributed by atoms with Crippen molar-refractivity contribution >= 4 is 25.0 Å². The molecule has 0 spiro atoms. The van der Waals surface area contributed by atoms with Gasteiger partial charge in [-0.05, 0) is 30.4 Å². The van der Waals surface area contributed by atoms with Crippen molar-refractivity contribution in [2.24, 2.45) is 0 Å². The highest BCUT2D eigenvalue weighted by molar-refractivity contribution is 8.01. The number of terminal acetylenes is 1. The van der Waals surface area contributed by atoms with E-state index in [-0.39, 0.29) is 10.2 Å². The van der Waals surface area contributed by atoms with Crippen LogP contribution in [0.5, 0.6) is 0 Å². The van der Waals surface area contributed by atoms with Gasteiger partial charge in [0.15, 0.2) is 0 Å². The fourth-order valence-electron chi connectivity index (χ4n) is 2.91. The van der Waals surface area contributed by atoms with Gasteiger partial charge in [0, 0.05) is 4.90 Å². The van der Waals surface area contributed by atoms with E-state index in [1.54, 1.807) is 5.19 Å². The lowest BCUT2D eigenvalue weighted by Crippen LogP contribution is -2.41. The third-order valence-electron chi connectivity index (χ3n) is 3.99. The van der Waals surface area contributed by atoms with Gasteiger partial charge < -0.3 is 0 Å². The maximum Gasteiger partial charge on any atom is 0.0789 e. The Labute approximate surface area is 123 Å². The largest absolute Gasteiger partial charge is 0.119 e. The molecule has 1 aliphatic heterocycles. The zero-order chi connectivity index (χ0) is 14.5. The first kappa shape index (κ1) is 14.7. The summed E-state index contributed by atoms with van der Waals surface area (Å²) in [5.41, 5.74) is 1.65. The van der Waals surface area contributed by atoms with Crippen LogP contribution in [0.15, 0.2) is 23.1 Å². The Morgan fingerprint density at radius 1 is 1.21 bits per heavy atom. The van der Waals surface area contributed by atoms with Crippen LogP contribution in [0.2, 0.25) is 19.6 Å². The van der Waals surface area contributed by atoms with Crippen molar-refractivity contribution in [3.63, 3.8) is 0 Å². The van der Waals surface area contributed by atoms with Gasteiger partial charge in [0.05, 0.1) is 12.8 Å². The average Bonchev–Trinajstić information content (AvgIpc) is 2.26. The average molecular weight is 289 g/mol. The Balaban J connectivity index is 2.56. The molecule has 102 valence electrons. The Morgan fingerprint density at radius 2 is 1.84 bits per heavy atom. The van der Waals surface area contributed by atoms with Gasteiger partial charge in [-0.3, -0.25) is 0 Å². The summed E-state index contributed by atoms with van der Waals surface area (Å²) in [7, 11) is -1.25. The van der Waals surface area contributed by atoms with Crippen LogP contribution < -0.4 is 5.19 Å². The van der Waals surface area contributed by atoms with Crippen LogP contribution in [0.4, 0.5) is 0 Å². The summed E-state index contributed by atoms with van der Waals surface area (Å²) >= 11 is 1.86. The second-order valence-corrected chi connectivity index (χ2v) is 14.1. The van der Waals surface area contributed by atoms with E-state index in [2.05, 4.69) is 64.5 Å². The minimum absolute atomic E-state index is 0.0722. The van der Waals surface area contributed by atoms with Crippen molar-refractivity contribution in [2.75, 3.05) is 0 Å². The molecular weight excluding hydrogens is 264 g/mol. The molecule has 0 nitrogen and oxygen atoms in total. The standard InChI is InChI=1S/C17H24SSi/c1-8-17(4)12-16(2,3)14-11-13(19(5,6)7)9-10-15(14)18-17/h1,9-11H,12H2,2-7H3. The quantitative estimate of drug-likeness (QED) is 0.545. The Kier molecular flexibility index (Phi) is 3.44. The highest BCUT2D eigenvalue weighted by atomic mass is 32.2. The third-order valence-corrected chi connectivity index (χ3v) is 7.33. The fourth-order valence-corrected chi connectivity index (χ4v) is 5.63. The molecule has 19 heavy (non-hydrogen) atoms. The molecular formula is C17H24SSi. The van der Waals surface area contributed by atoms with Crippen molar-refractivity contribution in [3.8, 4) is 12.3 Å². The highest BCUT2D eigenvalue weighted by Gasteiger charge is 2.40. The molecule has 0 N–H and O–H groups in total. The fraction of sp³-hybridized carbons (Fsp3) is 0.529. The summed E-state index contributed by atoms with van der Waals surface area (Å²) < 4.78 is -0.0722. The second-order valence-electron chi connectivity index (χ2n) is 7.50. The topological polar surface area (TPSA) is 0 Å². The maximum atomic E-state index is 5.75. The van der Waals surface area contributed by atoms with Gasteiger partial charge in [0.1, 0.15) is 0 Å². The van der Waals surface area contributed by atoms with E-state index in [1.165, 1.54) is 10.5 Å². The SMILES string of the molecule is C#CC1(C)CC(C)(C)c2cc([Si](C)(C)C)ccc2S1. The molecule has 1 aromatic rings. The van der Waals surface area contributed by atoms with E-state index in [9.17, 15) is 0 Å². The van der Waals surface area contributed by atoms with Crippen molar-refractivity contribution in [3.05, 3.63) is 23.8 Å². The molecule has 1 unspecified atom stereocenters. The lowest BCUT2D eigenvalue weighted by molar-refractivity contribution is 0.433. The molecule has 1 aromatic carbocycles. The summed E-state index contributed by atoms with van der Waals surface area (Å²) in [6.07, 6.45) is 6.80. The minimum atomic E-state index is -1.25. The first-order valence-corrected chi connectivity index (χ1v) is 11.2. The number of thioether (sulfide) groups is 1. The number of rotatable bonds is 1. The van der Waals surface area contributed by atoms with Gasteiger partial charge in [-0.2, -0.15) is 0 Å². The van der Waals surface area contributed by atoms with Gasteiger partial charge >= 0.3 is 0 Å². The van der Waals surface area contributed by atoms with Crippen LogP contribution in [-0.2, 0) is 5.41 Å². The van der Waals surface area contributed by atoms with Gasteiger partial charge in [-0.1, -0.05) is 56.7 Å². The summed E-state index contributed by atoms with van der Waals surface area (Å²) in [5.74, 6) is 2.99. The smallest absolute Gasteiger partial charge is 0.0789 e. The molecule has 1 atom stereocenters. The lowest BCUT2D eigenvalue weighted by atomic mass is 9.77. The summed E-state index contributed by atoms with van der Waals surface area (Å²) in [4.78, 5) is 1.37. The van der Waals surface area contributed by atoms with Crippen molar-refractivity contribution in [1.29, 1.82) is 0 Å². The van der Waals surface area contributed by atoms with Gasteiger partial charge in [0.25, 0.3) is 0 Å². The summed E-state index contributed by atoms with van der Waals surface area (Å²) in [6, 6.07) is 7.06. The van der Waals surface area contributed by atoms with Crippen LogP contribution in [-0.4, -0.2) is 12.8 Å². The summed E-state index contributed by atoms with van der Waals surface area (Å²) in [5, 5.41) is 1.55. The molecule has 1 aliphatic rings. The molecule has 0 amide bonds. The van der Waals surface area contributed by atoms with Gasteiger partial charge in [0.2, 0.25) is 0 Å². The predicted molar refractivity (Wildman–Crippen MR) is 90.2 cm³/mol. The van der Waals surface area contributed by atoms with Crippen molar-refractivity contribution < 1.29 is 0 Å². The molecule has 0 radical (unpaired) electrons. The first-order chi connectivity index (χ1) is 8.57. The molecule has 2 rings (SSSR count). The Morgan fingerprint density at radius 3 is 2.37 bits per heavy atom. The van der Waals surface area contributed by atoms with E-state index in [0.717, 1.165) is 6.42 Å². The number of fused-ring (bicyclic) bond motifs is 1. The molecule has 1 heterocycles. The maximum absolute atomic E-state index is 5.75. The molecule has 2 heteroatoms. The molecule has 0 aliphatic carbocycles.